The fourth-order valence-corrected chi connectivity index (χ4v) is 5.78. The highest BCUT2D eigenvalue weighted by Gasteiger charge is 2.20. The van der Waals surface area contributed by atoms with Crippen LogP contribution in [-0.2, 0) is 9.53 Å². The minimum absolute atomic E-state index is 0.0338. The van der Waals surface area contributed by atoms with E-state index < -0.39 is 5.97 Å². The van der Waals surface area contributed by atoms with Crippen molar-refractivity contribution in [3.8, 4) is 12.1 Å². The van der Waals surface area contributed by atoms with E-state index in [9.17, 15) is 20.1 Å². The number of benzene rings is 2. The SMILES string of the molecule is CCCCC(CC)CN(CC(CC)CCCC)c1ccc(N=Nc2c(C#N)cc(C(=O)OCC(CC)CC)cc2C#N)c(NC(C)=O)c1. The van der Waals surface area contributed by atoms with Gasteiger partial charge in [0.05, 0.1) is 29.0 Å². The number of nitrogens with one attached hydrogen (secondary N) is 1. The molecular formula is C39H56N6O3. The number of anilines is 2. The monoisotopic (exact) mass is 656 g/mol. The van der Waals surface area contributed by atoms with Crippen LogP contribution in [0.25, 0.3) is 0 Å². The lowest BCUT2D eigenvalue weighted by Crippen LogP contribution is -2.34. The summed E-state index contributed by atoms with van der Waals surface area (Å²) in [7, 11) is 0. The zero-order valence-corrected chi connectivity index (χ0v) is 30.3. The van der Waals surface area contributed by atoms with Crippen LogP contribution in [0.5, 0.6) is 0 Å². The molecule has 9 heteroatoms. The Morgan fingerprint density at radius 3 is 1.81 bits per heavy atom. The van der Waals surface area contributed by atoms with E-state index >= 15 is 0 Å². The Labute approximate surface area is 288 Å². The van der Waals surface area contributed by atoms with E-state index in [4.69, 9.17) is 4.74 Å². The molecule has 0 aliphatic rings. The molecule has 48 heavy (non-hydrogen) atoms. The van der Waals surface area contributed by atoms with Gasteiger partial charge in [-0.05, 0) is 60.9 Å². The highest BCUT2D eigenvalue weighted by atomic mass is 16.5. The molecule has 2 rings (SSSR count). The first kappa shape index (κ1) is 39.9. The summed E-state index contributed by atoms with van der Waals surface area (Å²) in [6, 6.07) is 12.6. The summed E-state index contributed by atoms with van der Waals surface area (Å²) in [5.74, 6) is 0.529. The Balaban J connectivity index is 2.52. The first-order valence-electron chi connectivity index (χ1n) is 17.9. The number of carbonyl (C=O) groups is 2. The lowest BCUT2D eigenvalue weighted by atomic mass is 9.95. The summed E-state index contributed by atoms with van der Waals surface area (Å²) in [6.45, 7) is 16.6. The zero-order chi connectivity index (χ0) is 35.5. The van der Waals surface area contributed by atoms with Crippen LogP contribution in [0.3, 0.4) is 0 Å². The number of hydrogen-bond donors (Lipinski definition) is 1. The van der Waals surface area contributed by atoms with Crippen LogP contribution >= 0.6 is 0 Å². The summed E-state index contributed by atoms with van der Waals surface area (Å²) in [5.41, 5.74) is 2.14. The molecule has 0 bridgehead atoms. The standard InChI is InChI=1S/C39H56N6O3/c1-8-14-16-30(12-5)25-45(26-31(13-6)17-15-9-2)35-18-19-36(37(22-35)42-28(7)46)43-44-38-33(23-40)20-32(21-34(38)24-41)39(47)48-27-29(10-3)11-4/h18-22,29-31H,8-17,25-27H2,1-7H3,(H,42,46). The van der Waals surface area contributed by atoms with Gasteiger partial charge in [0, 0.05) is 25.7 Å². The van der Waals surface area contributed by atoms with Gasteiger partial charge in [-0.2, -0.15) is 10.5 Å². The molecule has 0 radical (unpaired) electrons. The molecule has 0 saturated heterocycles. The minimum Gasteiger partial charge on any atom is -0.462 e. The molecule has 1 amide bonds. The van der Waals surface area contributed by atoms with Crippen LogP contribution in [0.1, 0.15) is 134 Å². The van der Waals surface area contributed by atoms with E-state index in [0.717, 1.165) is 44.5 Å². The Morgan fingerprint density at radius 2 is 1.35 bits per heavy atom. The average Bonchev–Trinajstić information content (AvgIpc) is 3.10. The maximum Gasteiger partial charge on any atom is 0.338 e. The molecular weight excluding hydrogens is 600 g/mol. The lowest BCUT2D eigenvalue weighted by molar-refractivity contribution is -0.114. The maximum atomic E-state index is 12.8. The smallest absolute Gasteiger partial charge is 0.338 e. The van der Waals surface area contributed by atoms with Crippen LogP contribution in [0.15, 0.2) is 40.6 Å². The van der Waals surface area contributed by atoms with Crippen LogP contribution in [0.4, 0.5) is 22.7 Å². The highest BCUT2D eigenvalue weighted by molar-refractivity contribution is 5.93. The quantitative estimate of drug-likeness (QED) is 0.105. The number of hydrogen-bond acceptors (Lipinski definition) is 8. The number of nitrogens with zero attached hydrogens (tertiary/aromatic N) is 5. The van der Waals surface area contributed by atoms with E-state index in [1.54, 1.807) is 0 Å². The van der Waals surface area contributed by atoms with Crippen LogP contribution in [-0.4, -0.2) is 31.6 Å². The number of amides is 1. The molecule has 9 nitrogen and oxygen atoms in total. The predicted octanol–water partition coefficient (Wildman–Crippen LogP) is 10.6. The van der Waals surface area contributed by atoms with E-state index in [1.165, 1.54) is 57.6 Å². The van der Waals surface area contributed by atoms with Crippen molar-refractivity contribution in [3.05, 3.63) is 47.0 Å². The van der Waals surface area contributed by atoms with Gasteiger partial charge >= 0.3 is 5.97 Å². The molecule has 2 unspecified atom stereocenters. The second kappa shape index (κ2) is 21.6. The van der Waals surface area contributed by atoms with Gasteiger partial charge < -0.3 is 15.0 Å². The van der Waals surface area contributed by atoms with E-state index in [2.05, 4.69) is 48.1 Å². The van der Waals surface area contributed by atoms with Gasteiger partial charge in [0.1, 0.15) is 23.5 Å². The fraction of sp³-hybridized carbons (Fsp3) is 0.590. The van der Waals surface area contributed by atoms with Gasteiger partial charge in [-0.15, -0.1) is 10.2 Å². The number of rotatable bonds is 21. The Morgan fingerprint density at radius 1 is 0.812 bits per heavy atom. The molecule has 0 aliphatic heterocycles. The molecule has 0 fully saturated rings. The summed E-state index contributed by atoms with van der Waals surface area (Å²) >= 11 is 0. The van der Waals surface area contributed by atoms with Gasteiger partial charge in [0.25, 0.3) is 0 Å². The van der Waals surface area contributed by atoms with Gasteiger partial charge in [-0.3, -0.25) is 4.79 Å². The maximum absolute atomic E-state index is 12.8. The Hall–Kier alpha value is -4.24. The lowest BCUT2D eigenvalue weighted by Gasteiger charge is -2.33. The molecule has 0 saturated carbocycles. The van der Waals surface area contributed by atoms with E-state index in [0.29, 0.717) is 23.2 Å². The molecule has 2 atom stereocenters. The van der Waals surface area contributed by atoms with Crippen LogP contribution in [0, 0.1) is 40.4 Å². The Kier molecular flexibility index (Phi) is 18.0. The predicted molar refractivity (Wildman–Crippen MR) is 194 cm³/mol. The summed E-state index contributed by atoms with van der Waals surface area (Å²) in [4.78, 5) is 27.6. The molecule has 2 aromatic rings. The largest absolute Gasteiger partial charge is 0.462 e. The van der Waals surface area contributed by atoms with Gasteiger partial charge in [-0.1, -0.05) is 92.9 Å². The van der Waals surface area contributed by atoms with E-state index in [1.807, 2.05) is 44.2 Å². The first-order valence-corrected chi connectivity index (χ1v) is 17.9. The van der Waals surface area contributed by atoms with Gasteiger partial charge in [-0.25, -0.2) is 4.79 Å². The topological polar surface area (TPSA) is 131 Å². The summed E-state index contributed by atoms with van der Waals surface area (Å²) in [6.07, 6.45) is 11.1. The third kappa shape index (κ3) is 12.4. The van der Waals surface area contributed by atoms with Crippen molar-refractivity contribution < 1.29 is 14.3 Å². The molecule has 1 N–H and O–H groups in total. The van der Waals surface area contributed by atoms with Gasteiger partial charge in [0.2, 0.25) is 5.91 Å². The van der Waals surface area contributed by atoms with Gasteiger partial charge in [0.15, 0.2) is 0 Å². The van der Waals surface area contributed by atoms with Crippen molar-refractivity contribution in [2.24, 2.45) is 28.0 Å². The van der Waals surface area contributed by atoms with Crippen LogP contribution in [0.2, 0.25) is 0 Å². The van der Waals surface area contributed by atoms with E-state index in [-0.39, 0.29) is 40.8 Å². The van der Waals surface area contributed by atoms with Crippen molar-refractivity contribution in [2.45, 2.75) is 113 Å². The first-order chi connectivity index (χ1) is 23.2. The molecule has 260 valence electrons. The Bertz CT molecular complexity index is 1380. The summed E-state index contributed by atoms with van der Waals surface area (Å²) in [5, 5.41) is 31.5. The number of unbranched alkanes of at least 4 members (excludes halogenated alkanes) is 2. The molecule has 0 aliphatic carbocycles. The molecule has 0 spiro atoms. The third-order valence-corrected chi connectivity index (χ3v) is 9.15. The molecule has 0 aromatic heterocycles. The van der Waals surface area contributed by atoms with Crippen molar-refractivity contribution in [3.63, 3.8) is 0 Å². The number of ether oxygens (including phenoxy) is 1. The zero-order valence-electron chi connectivity index (χ0n) is 30.3. The highest BCUT2D eigenvalue weighted by Crippen LogP contribution is 2.35. The number of esters is 1. The van der Waals surface area contributed by atoms with Crippen molar-refractivity contribution in [1.82, 2.24) is 0 Å². The number of azo groups is 1. The normalized spacial score (nSPS) is 12.4. The van der Waals surface area contributed by atoms with Crippen LogP contribution < -0.4 is 10.2 Å². The number of carbonyl (C=O) groups excluding carboxylic acids is 2. The number of nitriles is 2. The van der Waals surface area contributed by atoms with Crippen molar-refractivity contribution in [1.29, 1.82) is 10.5 Å². The molecule has 2 aromatic carbocycles. The van der Waals surface area contributed by atoms with Crippen molar-refractivity contribution >= 4 is 34.6 Å². The second-order valence-corrected chi connectivity index (χ2v) is 12.7. The third-order valence-electron chi connectivity index (χ3n) is 9.15. The minimum atomic E-state index is -0.591. The molecule has 0 heterocycles. The fourth-order valence-electron chi connectivity index (χ4n) is 5.78. The average molecular weight is 657 g/mol. The van der Waals surface area contributed by atoms with Crippen molar-refractivity contribution in [2.75, 3.05) is 29.9 Å². The second-order valence-electron chi connectivity index (χ2n) is 12.7. The summed E-state index contributed by atoms with van der Waals surface area (Å²) < 4.78 is 5.47.